The second-order valence-electron chi connectivity index (χ2n) is 7.07. The van der Waals surface area contributed by atoms with Crippen LogP contribution in [0.1, 0.15) is 39.9 Å². The fraction of sp³-hybridized carbons (Fsp3) is 0.200. The number of carbonyl (C=O) groups excluding carboxylic acids is 2. The van der Waals surface area contributed by atoms with Crippen molar-refractivity contribution in [2.45, 2.75) is 19.3 Å². The Kier molecular flexibility index (Phi) is 5.43. The van der Waals surface area contributed by atoms with Crippen molar-refractivity contribution in [2.75, 3.05) is 13.2 Å². The molecule has 0 saturated heterocycles. The molecule has 1 amide bonds. The molecule has 0 saturated carbocycles. The summed E-state index contributed by atoms with van der Waals surface area (Å²) in [6.07, 6.45) is 0.699. The van der Waals surface area contributed by atoms with Crippen LogP contribution < -0.4 is 5.32 Å². The minimum Gasteiger partial charge on any atom is -0.462 e. The molecule has 0 spiro atoms. The molecular formula is C25H23NO3. The molecule has 0 aliphatic heterocycles. The first-order chi connectivity index (χ1) is 14.2. The van der Waals surface area contributed by atoms with E-state index in [1.54, 1.807) is 19.1 Å². The van der Waals surface area contributed by atoms with Crippen LogP contribution in [0.25, 0.3) is 11.1 Å². The van der Waals surface area contributed by atoms with E-state index < -0.39 is 0 Å². The van der Waals surface area contributed by atoms with Crippen molar-refractivity contribution < 1.29 is 14.3 Å². The summed E-state index contributed by atoms with van der Waals surface area (Å²) < 4.78 is 5.00. The van der Waals surface area contributed by atoms with E-state index in [1.165, 1.54) is 0 Å². The van der Waals surface area contributed by atoms with Gasteiger partial charge in [-0.2, -0.15) is 0 Å². The van der Waals surface area contributed by atoms with Crippen LogP contribution in [0, 0.1) is 0 Å². The Bertz CT molecular complexity index is 994. The van der Waals surface area contributed by atoms with Gasteiger partial charge in [-0.15, -0.1) is 0 Å². The average Bonchev–Trinajstić information content (AvgIpc) is 3.09. The summed E-state index contributed by atoms with van der Waals surface area (Å²) >= 11 is 0. The molecule has 3 aromatic rings. The second kappa shape index (κ2) is 8.31. The molecule has 3 aromatic carbocycles. The molecule has 4 nitrogen and oxygen atoms in total. The highest BCUT2D eigenvalue weighted by Crippen LogP contribution is 2.44. The predicted octanol–water partition coefficient (Wildman–Crippen LogP) is 4.33. The molecule has 4 rings (SSSR count). The highest BCUT2D eigenvalue weighted by Gasteiger charge is 2.32. The Morgan fingerprint density at radius 1 is 0.862 bits per heavy atom. The Hall–Kier alpha value is -3.40. The normalized spacial score (nSPS) is 12.2. The number of esters is 1. The molecule has 4 heteroatoms. The summed E-state index contributed by atoms with van der Waals surface area (Å²) in [5, 5.41) is 3.08. The van der Waals surface area contributed by atoms with Gasteiger partial charge in [-0.25, -0.2) is 4.79 Å². The molecule has 0 heterocycles. The Balaban J connectivity index is 1.41. The second-order valence-corrected chi connectivity index (χ2v) is 7.07. The molecule has 0 aromatic heterocycles. The fourth-order valence-electron chi connectivity index (χ4n) is 3.89. The molecule has 1 aliphatic rings. The lowest BCUT2D eigenvalue weighted by Gasteiger charge is -2.14. The highest BCUT2D eigenvalue weighted by molar-refractivity contribution is 5.96. The Morgan fingerprint density at radius 3 is 2.03 bits per heavy atom. The first-order valence-corrected chi connectivity index (χ1v) is 9.91. The molecule has 0 bridgehead atoms. The first kappa shape index (κ1) is 18.9. The average molecular weight is 385 g/mol. The number of hydrogen-bond acceptors (Lipinski definition) is 3. The minimum absolute atomic E-state index is 0.0190. The lowest BCUT2D eigenvalue weighted by atomic mass is 9.96. The van der Waals surface area contributed by atoms with Crippen molar-refractivity contribution in [3.8, 4) is 11.1 Å². The van der Waals surface area contributed by atoms with Crippen LogP contribution in [0.5, 0.6) is 0 Å². The maximum Gasteiger partial charge on any atom is 0.338 e. The smallest absolute Gasteiger partial charge is 0.338 e. The van der Waals surface area contributed by atoms with Gasteiger partial charge in [0, 0.05) is 6.54 Å². The van der Waals surface area contributed by atoms with E-state index >= 15 is 0 Å². The molecule has 0 atom stereocenters. The summed E-state index contributed by atoms with van der Waals surface area (Å²) in [5.41, 5.74) is 6.00. The van der Waals surface area contributed by atoms with Gasteiger partial charge >= 0.3 is 5.97 Å². The van der Waals surface area contributed by atoms with E-state index in [0.717, 1.165) is 27.8 Å². The molecule has 0 fully saturated rings. The summed E-state index contributed by atoms with van der Waals surface area (Å²) in [5.74, 6) is -0.565. The Labute approximate surface area is 170 Å². The van der Waals surface area contributed by atoms with Crippen molar-refractivity contribution in [3.05, 3.63) is 95.1 Å². The topological polar surface area (TPSA) is 55.4 Å². The van der Waals surface area contributed by atoms with Gasteiger partial charge in [-0.05, 0) is 53.3 Å². The fourth-order valence-corrected chi connectivity index (χ4v) is 3.89. The van der Waals surface area contributed by atoms with E-state index in [9.17, 15) is 9.59 Å². The monoisotopic (exact) mass is 385 g/mol. The van der Waals surface area contributed by atoms with Crippen molar-refractivity contribution in [1.82, 2.24) is 5.32 Å². The van der Waals surface area contributed by atoms with E-state index in [0.29, 0.717) is 25.1 Å². The molecule has 0 radical (unpaired) electrons. The third-order valence-electron chi connectivity index (χ3n) is 5.27. The molecule has 1 N–H and O–H groups in total. The van der Waals surface area contributed by atoms with Gasteiger partial charge in [0.05, 0.1) is 18.1 Å². The molecule has 0 unspecified atom stereocenters. The van der Waals surface area contributed by atoms with Gasteiger partial charge in [-0.1, -0.05) is 60.7 Å². The van der Waals surface area contributed by atoms with Gasteiger partial charge in [0.1, 0.15) is 0 Å². The van der Waals surface area contributed by atoms with Crippen LogP contribution in [-0.2, 0) is 16.0 Å². The van der Waals surface area contributed by atoms with Crippen LogP contribution in [0.3, 0.4) is 0 Å². The number of ether oxygens (including phenoxy) is 1. The molecular weight excluding hydrogens is 362 g/mol. The van der Waals surface area contributed by atoms with Gasteiger partial charge in [-0.3, -0.25) is 4.79 Å². The molecule has 1 aliphatic carbocycles. The van der Waals surface area contributed by atoms with Crippen LogP contribution in [0.2, 0.25) is 0 Å². The summed E-state index contributed by atoms with van der Waals surface area (Å²) in [4.78, 5) is 24.7. The largest absolute Gasteiger partial charge is 0.462 e. The molecule has 146 valence electrons. The zero-order chi connectivity index (χ0) is 20.2. The number of benzene rings is 3. The van der Waals surface area contributed by atoms with E-state index in [1.807, 2.05) is 48.5 Å². The first-order valence-electron chi connectivity index (χ1n) is 9.91. The van der Waals surface area contributed by atoms with Crippen LogP contribution in [-0.4, -0.2) is 25.0 Å². The van der Waals surface area contributed by atoms with Gasteiger partial charge in [0.15, 0.2) is 0 Å². The van der Waals surface area contributed by atoms with E-state index in [-0.39, 0.29) is 17.8 Å². The lowest BCUT2D eigenvalue weighted by Crippen LogP contribution is -2.30. The van der Waals surface area contributed by atoms with Crippen molar-refractivity contribution in [1.29, 1.82) is 0 Å². The number of hydrogen-bond donors (Lipinski definition) is 1. The maximum atomic E-state index is 13.0. The van der Waals surface area contributed by atoms with Gasteiger partial charge < -0.3 is 10.1 Å². The third kappa shape index (κ3) is 3.79. The zero-order valence-corrected chi connectivity index (χ0v) is 16.4. The Morgan fingerprint density at radius 2 is 1.45 bits per heavy atom. The number of amides is 1. The third-order valence-corrected chi connectivity index (χ3v) is 5.27. The van der Waals surface area contributed by atoms with E-state index in [2.05, 4.69) is 17.4 Å². The van der Waals surface area contributed by atoms with Crippen molar-refractivity contribution >= 4 is 11.9 Å². The van der Waals surface area contributed by atoms with Gasteiger partial charge in [0.2, 0.25) is 5.91 Å². The summed E-state index contributed by atoms with van der Waals surface area (Å²) in [7, 11) is 0. The lowest BCUT2D eigenvalue weighted by molar-refractivity contribution is -0.121. The number of fused-ring (bicyclic) bond motifs is 3. The number of nitrogens with one attached hydrogen (secondary N) is 1. The molecule has 29 heavy (non-hydrogen) atoms. The van der Waals surface area contributed by atoms with Crippen LogP contribution in [0.15, 0.2) is 72.8 Å². The number of rotatable bonds is 6. The quantitative estimate of drug-likeness (QED) is 0.643. The van der Waals surface area contributed by atoms with Crippen molar-refractivity contribution in [2.24, 2.45) is 0 Å². The summed E-state index contributed by atoms with van der Waals surface area (Å²) in [6.45, 7) is 2.69. The number of carbonyl (C=O) groups is 2. The predicted molar refractivity (Wildman–Crippen MR) is 113 cm³/mol. The van der Waals surface area contributed by atoms with Crippen LogP contribution in [0.4, 0.5) is 0 Å². The van der Waals surface area contributed by atoms with Crippen molar-refractivity contribution in [3.63, 3.8) is 0 Å². The maximum absolute atomic E-state index is 13.0. The van der Waals surface area contributed by atoms with Crippen LogP contribution >= 0.6 is 0 Å². The summed E-state index contributed by atoms with van der Waals surface area (Å²) in [6, 6.07) is 23.5. The highest BCUT2D eigenvalue weighted by atomic mass is 16.5. The minimum atomic E-state index is -0.314. The van der Waals surface area contributed by atoms with Gasteiger partial charge in [0.25, 0.3) is 0 Å². The zero-order valence-electron chi connectivity index (χ0n) is 16.4. The SMILES string of the molecule is CCOC(=O)c1ccc(CCNC(=O)C2c3ccccc3-c3ccccc32)cc1. The van der Waals surface area contributed by atoms with E-state index in [4.69, 9.17) is 4.74 Å². The standard InChI is InChI=1S/C25H23NO3/c1-2-29-25(28)18-13-11-17(12-14-18)15-16-26-24(27)23-21-9-5-3-7-19(21)20-8-4-6-10-22(20)23/h3-14,23H,2,15-16H2,1H3,(H,26,27).